The van der Waals surface area contributed by atoms with Crippen LogP contribution in [0.2, 0.25) is 0 Å². The maximum absolute atomic E-state index is 14.0. The molecular formula is C55H84N4O19. The second-order valence-corrected chi connectivity index (χ2v) is 17.8. The summed E-state index contributed by atoms with van der Waals surface area (Å²) in [6.45, 7) is 18.3. The van der Waals surface area contributed by atoms with Crippen LogP contribution in [0.5, 0.6) is 5.75 Å². The van der Waals surface area contributed by atoms with Crippen molar-refractivity contribution in [1.29, 1.82) is 0 Å². The molecule has 23 nitrogen and oxygen atoms in total. The van der Waals surface area contributed by atoms with Crippen molar-refractivity contribution in [3.8, 4) is 5.75 Å². The first kappa shape index (κ1) is 66.8. The number of imide groups is 1. The van der Waals surface area contributed by atoms with Crippen molar-refractivity contribution in [2.75, 3.05) is 158 Å². The van der Waals surface area contributed by atoms with Crippen LogP contribution in [0.25, 0.3) is 0 Å². The lowest BCUT2D eigenvalue weighted by molar-refractivity contribution is -0.146. The summed E-state index contributed by atoms with van der Waals surface area (Å²) >= 11 is 0. The van der Waals surface area contributed by atoms with Crippen LogP contribution < -0.4 is 20.7 Å². The van der Waals surface area contributed by atoms with E-state index in [1.165, 1.54) is 13.8 Å². The van der Waals surface area contributed by atoms with Gasteiger partial charge in [0.15, 0.2) is 0 Å². The summed E-state index contributed by atoms with van der Waals surface area (Å²) in [6, 6.07) is 8.64. The Morgan fingerprint density at radius 2 is 0.962 bits per heavy atom. The summed E-state index contributed by atoms with van der Waals surface area (Å²) in [5.41, 5.74) is 2.80. The Labute approximate surface area is 458 Å². The average Bonchev–Trinajstić information content (AvgIpc) is 3.77. The van der Waals surface area contributed by atoms with Crippen LogP contribution in [0.3, 0.4) is 0 Å². The van der Waals surface area contributed by atoms with Crippen molar-refractivity contribution >= 4 is 41.2 Å². The van der Waals surface area contributed by atoms with E-state index in [1.807, 2.05) is 6.92 Å². The number of hydrogen-bond acceptors (Lipinski definition) is 19. The van der Waals surface area contributed by atoms with Crippen LogP contribution >= 0.6 is 0 Å². The minimum atomic E-state index is -1.29. The van der Waals surface area contributed by atoms with Crippen LogP contribution in [0, 0.1) is 5.92 Å². The van der Waals surface area contributed by atoms with Crippen molar-refractivity contribution in [2.45, 2.75) is 72.2 Å². The van der Waals surface area contributed by atoms with Crippen molar-refractivity contribution in [3.05, 3.63) is 71.3 Å². The molecule has 3 rings (SSSR count). The monoisotopic (exact) mass is 1100 g/mol. The summed E-state index contributed by atoms with van der Waals surface area (Å²) in [6.07, 6.45) is 2.76. The smallest absolute Gasteiger partial charge is 0.302 e. The summed E-state index contributed by atoms with van der Waals surface area (Å²) < 4.78 is 70.7. The van der Waals surface area contributed by atoms with Gasteiger partial charge in [0.2, 0.25) is 17.7 Å². The number of anilines is 1. The lowest BCUT2D eigenvalue weighted by atomic mass is 10.00. The largest absolute Gasteiger partial charge is 0.491 e. The van der Waals surface area contributed by atoms with Crippen LogP contribution in [-0.4, -0.2) is 211 Å². The van der Waals surface area contributed by atoms with Crippen LogP contribution in [0.15, 0.2) is 54.6 Å². The molecule has 2 aromatic rings. The zero-order valence-electron chi connectivity index (χ0n) is 46.4. The zero-order valence-corrected chi connectivity index (χ0v) is 46.4. The molecule has 0 fully saturated rings. The highest BCUT2D eigenvalue weighted by molar-refractivity contribution is 6.15. The van der Waals surface area contributed by atoms with Gasteiger partial charge in [0.25, 0.3) is 11.8 Å². The lowest BCUT2D eigenvalue weighted by Gasteiger charge is -2.29. The molecule has 78 heavy (non-hydrogen) atoms. The predicted molar refractivity (Wildman–Crippen MR) is 285 cm³/mol. The Morgan fingerprint density at radius 1 is 0.526 bits per heavy atom. The third kappa shape index (κ3) is 29.0. The maximum atomic E-state index is 14.0. The highest BCUT2D eigenvalue weighted by Crippen LogP contribution is 2.20. The molecule has 0 unspecified atom stereocenters. The number of rotatable bonds is 47. The van der Waals surface area contributed by atoms with Gasteiger partial charge in [0, 0.05) is 38.3 Å². The van der Waals surface area contributed by atoms with E-state index in [-0.39, 0.29) is 19.6 Å². The van der Waals surface area contributed by atoms with Gasteiger partial charge in [-0.2, -0.15) is 0 Å². The number of carbonyl (C=O) groups is 6. The molecule has 0 saturated heterocycles. The second-order valence-electron chi connectivity index (χ2n) is 17.8. The van der Waals surface area contributed by atoms with E-state index in [0.717, 1.165) is 28.2 Å². The Hall–Kier alpha value is -5.44. The number of ether oxygens (including phenoxy) is 13. The number of nitrogens with one attached hydrogen (secondary N) is 3. The molecule has 23 heteroatoms. The highest BCUT2D eigenvalue weighted by atomic mass is 16.6. The van der Waals surface area contributed by atoms with Crippen molar-refractivity contribution < 1.29 is 90.3 Å². The first-order chi connectivity index (χ1) is 37.8. The molecule has 2 aromatic carbocycles. The zero-order chi connectivity index (χ0) is 56.6. The van der Waals surface area contributed by atoms with E-state index in [2.05, 4.69) is 16.0 Å². The summed E-state index contributed by atoms with van der Waals surface area (Å²) in [5, 5.41) is 8.19. The number of hydrogen-bond donors (Lipinski definition) is 3. The van der Waals surface area contributed by atoms with E-state index in [1.54, 1.807) is 63.4 Å². The van der Waals surface area contributed by atoms with E-state index >= 15 is 0 Å². The molecule has 0 saturated carbocycles. The SMILES string of the molecule is CCc1cc(NC(=O)[C@H](C)NC(=O)[C@@H](NC(=O)[C@H](Cc2ccc(OCCOCCOCCOCCOCCOCCOCCOCCOCCOCCOCCOC)cc2)N2C(=O)C=CC2=O)C(C)C)ccc1COC(C)=O. The maximum Gasteiger partial charge on any atom is 0.302 e. The molecule has 5 amide bonds. The van der Waals surface area contributed by atoms with Gasteiger partial charge in [-0.05, 0) is 60.2 Å². The second kappa shape index (κ2) is 41.6. The molecule has 3 atom stereocenters. The van der Waals surface area contributed by atoms with E-state index in [9.17, 15) is 28.8 Å². The Kier molecular flexibility index (Phi) is 35.6. The van der Waals surface area contributed by atoms with Gasteiger partial charge in [0.1, 0.15) is 37.1 Å². The van der Waals surface area contributed by atoms with Crippen LogP contribution in [-0.2, 0) is 105 Å². The van der Waals surface area contributed by atoms with Gasteiger partial charge >= 0.3 is 5.97 Å². The van der Waals surface area contributed by atoms with Gasteiger partial charge in [-0.25, -0.2) is 0 Å². The first-order valence-corrected chi connectivity index (χ1v) is 26.5. The van der Waals surface area contributed by atoms with Crippen molar-refractivity contribution in [1.82, 2.24) is 15.5 Å². The fraction of sp³-hybridized carbons (Fsp3) is 0.636. The number of amides is 5. The molecule has 0 radical (unpaired) electrons. The Bertz CT molecular complexity index is 2040. The lowest BCUT2D eigenvalue weighted by Crippen LogP contribution is -2.58. The van der Waals surface area contributed by atoms with Gasteiger partial charge in [0.05, 0.1) is 139 Å². The van der Waals surface area contributed by atoms with Gasteiger partial charge < -0.3 is 77.5 Å². The standard InChI is InChI=1S/C55H84N4O19/c1-7-45-39-47(11-10-46(45)40-78-43(5)60)57-53(63)42(4)56-55(65)52(41(2)3)58-54(64)49(59-50(61)14-15-51(59)62)38-44-8-12-48(13-9-44)77-37-36-76-35-34-75-33-32-74-31-30-73-29-28-72-27-26-71-25-24-70-23-22-69-21-20-68-19-18-67-17-16-66-6/h8-15,39,41-42,49,52H,7,16-38,40H2,1-6H3,(H,56,65)(H,57,63)(H,58,64)/t42-,49-,52-/m0/s1. The Balaban J connectivity index is 1.22. The average molecular weight is 1110 g/mol. The number of aryl methyl sites for hydroxylation is 1. The van der Waals surface area contributed by atoms with Crippen LogP contribution in [0.4, 0.5) is 5.69 Å². The van der Waals surface area contributed by atoms with Crippen LogP contribution in [0.1, 0.15) is 51.3 Å². The van der Waals surface area contributed by atoms with Gasteiger partial charge in [-0.1, -0.05) is 39.0 Å². The summed E-state index contributed by atoms with van der Waals surface area (Å²) in [4.78, 5) is 78.6. The normalized spacial score (nSPS) is 13.4. The summed E-state index contributed by atoms with van der Waals surface area (Å²) in [5.74, 6) is -3.49. The third-order valence-corrected chi connectivity index (χ3v) is 11.4. The number of esters is 1. The highest BCUT2D eigenvalue weighted by Gasteiger charge is 2.38. The molecule has 0 spiro atoms. The quantitative estimate of drug-likeness (QED) is 0.0489. The first-order valence-electron chi connectivity index (χ1n) is 26.5. The van der Waals surface area contributed by atoms with Gasteiger partial charge in [-0.3, -0.25) is 33.7 Å². The molecule has 438 valence electrons. The molecule has 0 bridgehead atoms. The van der Waals surface area contributed by atoms with E-state index in [0.29, 0.717) is 162 Å². The molecule has 1 aliphatic rings. The number of methoxy groups -OCH3 is 1. The number of nitrogens with zero attached hydrogens (tertiary/aromatic N) is 1. The van der Waals surface area contributed by atoms with Crippen molar-refractivity contribution in [3.63, 3.8) is 0 Å². The molecule has 1 aliphatic heterocycles. The number of carbonyl (C=O) groups excluding carboxylic acids is 6. The Morgan fingerprint density at radius 3 is 1.37 bits per heavy atom. The minimum absolute atomic E-state index is 0.0479. The molecule has 1 heterocycles. The summed E-state index contributed by atoms with van der Waals surface area (Å²) in [7, 11) is 1.63. The topological polar surface area (TPSA) is 262 Å². The molecule has 3 N–H and O–H groups in total. The van der Waals surface area contributed by atoms with E-state index in [4.69, 9.17) is 61.6 Å². The number of benzene rings is 2. The molecule has 0 aromatic heterocycles. The van der Waals surface area contributed by atoms with Crippen molar-refractivity contribution in [2.24, 2.45) is 5.92 Å². The molecule has 0 aliphatic carbocycles. The fourth-order valence-electron chi connectivity index (χ4n) is 7.16. The van der Waals surface area contributed by atoms with Gasteiger partial charge in [-0.15, -0.1) is 0 Å². The minimum Gasteiger partial charge on any atom is -0.491 e. The third-order valence-electron chi connectivity index (χ3n) is 11.4. The van der Waals surface area contributed by atoms with E-state index < -0.39 is 59.5 Å². The predicted octanol–water partition coefficient (Wildman–Crippen LogP) is 2.62. The molecular weight excluding hydrogens is 1020 g/mol. The fourth-order valence-corrected chi connectivity index (χ4v) is 7.16.